The van der Waals surface area contributed by atoms with Gasteiger partial charge in [0, 0.05) is 6.92 Å². The molecule has 0 amide bonds. The lowest BCUT2D eigenvalue weighted by atomic mass is 10.1. The summed E-state index contributed by atoms with van der Waals surface area (Å²) < 4.78 is 46.4. The standard InChI is InChI=1S/C11H10ClF3N4O4.C2H4O2/c12-8-5-9(17-2-16-8)19(3-18-5)10-7(21)6(20)4(23-10)1-22-11(13,14)15;1-2(3)4/h2-4,6-7,10,20-21H,1H2;1H3,(H,3,4)/t4-,6-,7-,10-;/m1./s1. The van der Waals surface area contributed by atoms with Gasteiger partial charge in [0.15, 0.2) is 17.0 Å². The monoisotopic (exact) mass is 414 g/mol. The molecule has 2 aromatic rings. The minimum atomic E-state index is -4.87. The summed E-state index contributed by atoms with van der Waals surface area (Å²) in [5.74, 6) is -0.833. The van der Waals surface area contributed by atoms with Crippen molar-refractivity contribution in [1.82, 2.24) is 19.5 Å². The van der Waals surface area contributed by atoms with E-state index in [1.165, 1.54) is 10.9 Å². The predicted octanol–water partition coefficient (Wildman–Crippen LogP) is 0.726. The fourth-order valence-electron chi connectivity index (χ4n) is 2.28. The Morgan fingerprint density at radius 2 is 1.96 bits per heavy atom. The first kappa shape index (κ1) is 21.2. The number of carboxylic acids is 1. The first-order valence-corrected chi connectivity index (χ1v) is 7.64. The van der Waals surface area contributed by atoms with Crippen LogP contribution in [0.5, 0.6) is 0 Å². The topological polar surface area (TPSA) is 140 Å². The highest BCUT2D eigenvalue weighted by Crippen LogP contribution is 2.33. The van der Waals surface area contributed by atoms with E-state index in [0.29, 0.717) is 0 Å². The van der Waals surface area contributed by atoms with Crippen molar-refractivity contribution in [2.24, 2.45) is 0 Å². The maximum atomic E-state index is 12.1. The second-order valence-corrected chi connectivity index (χ2v) is 5.67. The second kappa shape index (κ2) is 8.31. The predicted molar refractivity (Wildman–Crippen MR) is 81.6 cm³/mol. The van der Waals surface area contributed by atoms with Crippen LogP contribution in [-0.4, -0.2) is 72.1 Å². The van der Waals surface area contributed by atoms with E-state index in [-0.39, 0.29) is 16.3 Å². The highest BCUT2D eigenvalue weighted by atomic mass is 35.5. The van der Waals surface area contributed by atoms with Gasteiger partial charge in [0.05, 0.1) is 12.9 Å². The van der Waals surface area contributed by atoms with Gasteiger partial charge in [-0.1, -0.05) is 11.6 Å². The molecule has 0 aromatic carbocycles. The quantitative estimate of drug-likeness (QED) is 0.620. The number of imidazole rings is 1. The van der Waals surface area contributed by atoms with Crippen molar-refractivity contribution >= 4 is 28.7 Å². The molecule has 3 rings (SSSR count). The SMILES string of the molecule is CC(=O)O.O[C@@H]1[C@H](O)[C@@H](COC(F)(F)F)O[C@H]1n1cnc2c(Cl)ncnc21. The van der Waals surface area contributed by atoms with E-state index < -0.39 is 43.5 Å². The lowest BCUT2D eigenvalue weighted by Crippen LogP contribution is -2.35. The molecule has 1 aliphatic heterocycles. The highest BCUT2D eigenvalue weighted by Gasteiger charge is 2.46. The number of rotatable bonds is 3. The molecular formula is C13H14ClF3N4O6. The van der Waals surface area contributed by atoms with Crippen molar-refractivity contribution < 1.29 is 42.8 Å². The molecule has 3 N–H and O–H groups in total. The van der Waals surface area contributed by atoms with Crippen LogP contribution in [-0.2, 0) is 14.3 Å². The van der Waals surface area contributed by atoms with Crippen molar-refractivity contribution in [2.45, 2.75) is 37.8 Å². The fourth-order valence-corrected chi connectivity index (χ4v) is 2.46. The van der Waals surface area contributed by atoms with E-state index in [0.717, 1.165) is 13.3 Å². The first-order valence-electron chi connectivity index (χ1n) is 7.26. The Bertz CT molecular complexity index is 800. The van der Waals surface area contributed by atoms with Crippen LogP contribution in [0.15, 0.2) is 12.7 Å². The number of halogens is 4. The minimum absolute atomic E-state index is 0.0683. The summed E-state index contributed by atoms with van der Waals surface area (Å²) in [5.41, 5.74) is 0.438. The molecule has 27 heavy (non-hydrogen) atoms. The van der Waals surface area contributed by atoms with Gasteiger partial charge in [0.2, 0.25) is 0 Å². The number of aliphatic hydroxyl groups is 2. The Balaban J connectivity index is 0.000000596. The van der Waals surface area contributed by atoms with Crippen molar-refractivity contribution in [3.05, 3.63) is 17.8 Å². The second-order valence-electron chi connectivity index (χ2n) is 5.31. The van der Waals surface area contributed by atoms with Crippen LogP contribution in [0.25, 0.3) is 11.2 Å². The maximum Gasteiger partial charge on any atom is 0.522 e. The molecule has 2 aromatic heterocycles. The van der Waals surface area contributed by atoms with Gasteiger partial charge in [-0.2, -0.15) is 0 Å². The number of aromatic nitrogens is 4. The van der Waals surface area contributed by atoms with Crippen LogP contribution in [0.4, 0.5) is 13.2 Å². The van der Waals surface area contributed by atoms with Gasteiger partial charge >= 0.3 is 6.36 Å². The lowest BCUT2D eigenvalue weighted by molar-refractivity contribution is -0.333. The Kier molecular flexibility index (Phi) is 6.54. The molecule has 3 heterocycles. The summed E-state index contributed by atoms with van der Waals surface area (Å²) in [6.07, 6.45) is -8.10. The largest absolute Gasteiger partial charge is 0.522 e. The Morgan fingerprint density at radius 3 is 2.56 bits per heavy atom. The van der Waals surface area contributed by atoms with Gasteiger partial charge in [-0.3, -0.25) is 14.1 Å². The van der Waals surface area contributed by atoms with Crippen molar-refractivity contribution in [3.8, 4) is 0 Å². The molecule has 0 aliphatic carbocycles. The Hall–Kier alpha value is -2.06. The van der Waals surface area contributed by atoms with E-state index in [9.17, 15) is 23.4 Å². The first-order chi connectivity index (χ1) is 12.5. The van der Waals surface area contributed by atoms with Gasteiger partial charge in [-0.15, -0.1) is 13.2 Å². The van der Waals surface area contributed by atoms with E-state index in [1.54, 1.807) is 0 Å². The highest BCUT2D eigenvalue weighted by molar-refractivity contribution is 6.33. The summed E-state index contributed by atoms with van der Waals surface area (Å²) >= 11 is 5.85. The Labute approximate surface area is 154 Å². The third-order valence-corrected chi connectivity index (χ3v) is 3.61. The molecular weight excluding hydrogens is 401 g/mol. The van der Waals surface area contributed by atoms with E-state index in [1.807, 2.05) is 0 Å². The van der Waals surface area contributed by atoms with Crippen LogP contribution in [0.1, 0.15) is 13.2 Å². The molecule has 0 bridgehead atoms. The average Bonchev–Trinajstić information content (AvgIpc) is 3.08. The van der Waals surface area contributed by atoms with Crippen LogP contribution >= 0.6 is 11.6 Å². The van der Waals surface area contributed by atoms with Crippen molar-refractivity contribution in [2.75, 3.05) is 6.61 Å². The summed E-state index contributed by atoms with van der Waals surface area (Å²) in [6.45, 7) is 0.126. The molecule has 1 fully saturated rings. The number of aliphatic hydroxyl groups excluding tert-OH is 2. The van der Waals surface area contributed by atoms with Crippen LogP contribution in [0.3, 0.4) is 0 Å². The van der Waals surface area contributed by atoms with E-state index >= 15 is 0 Å². The van der Waals surface area contributed by atoms with Crippen LogP contribution in [0, 0.1) is 0 Å². The molecule has 4 atom stereocenters. The number of nitrogens with zero attached hydrogens (tertiary/aromatic N) is 4. The molecule has 0 radical (unpaired) electrons. The third-order valence-electron chi connectivity index (χ3n) is 3.34. The molecule has 10 nitrogen and oxygen atoms in total. The number of aliphatic carboxylic acids is 1. The van der Waals surface area contributed by atoms with Gasteiger partial charge < -0.3 is 20.1 Å². The van der Waals surface area contributed by atoms with Gasteiger partial charge in [0.25, 0.3) is 5.97 Å². The van der Waals surface area contributed by atoms with Crippen LogP contribution in [0.2, 0.25) is 5.15 Å². The minimum Gasteiger partial charge on any atom is -0.481 e. The fraction of sp³-hybridized carbons (Fsp3) is 0.538. The summed E-state index contributed by atoms with van der Waals surface area (Å²) in [7, 11) is 0. The van der Waals surface area contributed by atoms with E-state index in [4.69, 9.17) is 26.2 Å². The molecule has 1 saturated heterocycles. The van der Waals surface area contributed by atoms with Crippen molar-refractivity contribution in [3.63, 3.8) is 0 Å². The third kappa shape index (κ3) is 5.23. The van der Waals surface area contributed by atoms with Crippen LogP contribution < -0.4 is 0 Å². The summed E-state index contributed by atoms with van der Waals surface area (Å²) in [4.78, 5) is 20.6. The van der Waals surface area contributed by atoms with Gasteiger partial charge in [0.1, 0.15) is 30.2 Å². The zero-order valence-corrected chi connectivity index (χ0v) is 14.3. The van der Waals surface area contributed by atoms with Crippen molar-refractivity contribution in [1.29, 1.82) is 0 Å². The number of hydrogen-bond donors (Lipinski definition) is 3. The summed E-state index contributed by atoms with van der Waals surface area (Å²) in [5, 5.41) is 27.3. The zero-order valence-electron chi connectivity index (χ0n) is 13.5. The molecule has 1 aliphatic rings. The average molecular weight is 415 g/mol. The number of alkyl halides is 3. The summed E-state index contributed by atoms with van der Waals surface area (Å²) in [6, 6.07) is 0. The molecule has 14 heteroatoms. The molecule has 150 valence electrons. The van der Waals surface area contributed by atoms with E-state index in [2.05, 4.69) is 19.7 Å². The van der Waals surface area contributed by atoms with Gasteiger partial charge in [-0.25, -0.2) is 15.0 Å². The smallest absolute Gasteiger partial charge is 0.481 e. The van der Waals surface area contributed by atoms with Gasteiger partial charge in [-0.05, 0) is 0 Å². The number of carboxylic acid groups (broad SMARTS) is 1. The number of ether oxygens (including phenoxy) is 2. The Morgan fingerprint density at radius 1 is 1.33 bits per heavy atom. The maximum absolute atomic E-state index is 12.1. The number of fused-ring (bicyclic) bond motifs is 1. The zero-order chi connectivity index (χ0) is 20.4. The number of hydrogen-bond acceptors (Lipinski definition) is 8. The molecule has 0 saturated carbocycles. The molecule has 0 unspecified atom stereocenters. The molecule has 0 spiro atoms. The normalized spacial score (nSPS) is 25.3. The number of carbonyl (C=O) groups is 1. The lowest BCUT2D eigenvalue weighted by Gasteiger charge is -2.16.